The first-order valence-electron chi connectivity index (χ1n) is 7.40. The number of nitrogens with zero attached hydrogens (tertiary/aromatic N) is 1. The zero-order valence-electron chi connectivity index (χ0n) is 12.4. The Morgan fingerprint density at radius 1 is 1.10 bits per heavy atom. The van der Waals surface area contributed by atoms with Crippen LogP contribution in [-0.4, -0.2) is 29.7 Å². The van der Waals surface area contributed by atoms with Gasteiger partial charge in [-0.3, -0.25) is 4.90 Å². The van der Waals surface area contributed by atoms with E-state index in [2.05, 4.69) is 27.8 Å². The molecule has 0 aliphatic rings. The summed E-state index contributed by atoms with van der Waals surface area (Å²) in [6.45, 7) is 4.79. The van der Waals surface area contributed by atoms with Crippen molar-refractivity contribution in [3.8, 4) is 11.3 Å². The molecule has 2 aromatic rings. The Morgan fingerprint density at radius 3 is 2.52 bits per heavy atom. The van der Waals surface area contributed by atoms with Crippen molar-refractivity contribution >= 4 is 15.9 Å². The van der Waals surface area contributed by atoms with Crippen LogP contribution in [0.3, 0.4) is 0 Å². The first kappa shape index (κ1) is 16.3. The molecule has 1 aromatic heterocycles. The van der Waals surface area contributed by atoms with E-state index in [4.69, 9.17) is 9.52 Å². The summed E-state index contributed by atoms with van der Waals surface area (Å²) < 4.78 is 6.99. The maximum Gasteiger partial charge on any atom is 0.134 e. The van der Waals surface area contributed by atoms with Crippen LogP contribution in [-0.2, 0) is 6.54 Å². The minimum atomic E-state index is 0.185. The predicted octanol–water partition coefficient (Wildman–Crippen LogP) is 4.30. The lowest BCUT2D eigenvalue weighted by Crippen LogP contribution is -2.27. The van der Waals surface area contributed by atoms with Crippen molar-refractivity contribution in [2.75, 3.05) is 19.7 Å². The lowest BCUT2D eigenvalue weighted by molar-refractivity contribution is 0.179. The first-order valence-corrected chi connectivity index (χ1v) is 8.20. The summed E-state index contributed by atoms with van der Waals surface area (Å²) in [6, 6.07) is 12.1. The monoisotopic (exact) mass is 351 g/mol. The fourth-order valence-corrected chi connectivity index (χ4v) is 2.51. The van der Waals surface area contributed by atoms with E-state index in [1.807, 2.05) is 36.4 Å². The zero-order chi connectivity index (χ0) is 15.1. The quantitative estimate of drug-likeness (QED) is 0.769. The van der Waals surface area contributed by atoms with Crippen LogP contribution in [0, 0.1) is 0 Å². The molecule has 0 saturated carbocycles. The molecule has 0 aliphatic heterocycles. The molecule has 4 heteroatoms. The summed E-state index contributed by atoms with van der Waals surface area (Å²) in [5.74, 6) is 1.83. The van der Waals surface area contributed by atoms with Gasteiger partial charge >= 0.3 is 0 Å². The van der Waals surface area contributed by atoms with Gasteiger partial charge in [0.15, 0.2) is 0 Å². The number of rotatable bonds is 8. The predicted molar refractivity (Wildman–Crippen MR) is 89.1 cm³/mol. The number of unbranched alkanes of at least 4 members (excludes halogenated alkanes) is 1. The van der Waals surface area contributed by atoms with Crippen molar-refractivity contribution in [3.63, 3.8) is 0 Å². The number of hydrogen-bond donors (Lipinski definition) is 1. The molecular weight excluding hydrogens is 330 g/mol. The van der Waals surface area contributed by atoms with Crippen LogP contribution in [0.15, 0.2) is 45.3 Å². The second-order valence-electron chi connectivity index (χ2n) is 5.13. The molecule has 0 saturated heterocycles. The van der Waals surface area contributed by atoms with E-state index in [9.17, 15) is 0 Å². The van der Waals surface area contributed by atoms with E-state index in [0.717, 1.165) is 47.5 Å². The second kappa shape index (κ2) is 8.37. The van der Waals surface area contributed by atoms with E-state index in [0.29, 0.717) is 6.54 Å². The summed E-state index contributed by atoms with van der Waals surface area (Å²) in [6.07, 6.45) is 2.30. The van der Waals surface area contributed by atoms with Crippen LogP contribution in [0.25, 0.3) is 11.3 Å². The molecule has 0 fully saturated rings. The SMILES string of the molecule is CCCCN(CCO)Cc1ccc(-c2ccc(Br)cc2)o1. The van der Waals surface area contributed by atoms with Gasteiger partial charge in [0.05, 0.1) is 13.2 Å². The second-order valence-corrected chi connectivity index (χ2v) is 6.04. The van der Waals surface area contributed by atoms with E-state index in [1.54, 1.807) is 0 Å². The average molecular weight is 352 g/mol. The Labute approximate surface area is 134 Å². The Hall–Kier alpha value is -1.10. The van der Waals surface area contributed by atoms with Gasteiger partial charge in [-0.05, 0) is 37.2 Å². The van der Waals surface area contributed by atoms with Crippen molar-refractivity contribution in [1.82, 2.24) is 4.90 Å². The molecule has 0 bridgehead atoms. The largest absolute Gasteiger partial charge is 0.460 e. The Balaban J connectivity index is 2.02. The molecule has 0 radical (unpaired) electrons. The van der Waals surface area contributed by atoms with E-state index < -0.39 is 0 Å². The number of benzene rings is 1. The highest BCUT2D eigenvalue weighted by Crippen LogP contribution is 2.24. The minimum absolute atomic E-state index is 0.185. The Kier molecular flexibility index (Phi) is 6.49. The third kappa shape index (κ3) is 4.99. The van der Waals surface area contributed by atoms with Gasteiger partial charge in [0, 0.05) is 16.6 Å². The molecule has 21 heavy (non-hydrogen) atoms. The lowest BCUT2D eigenvalue weighted by atomic mass is 10.2. The molecule has 0 unspecified atom stereocenters. The Bertz CT molecular complexity index is 536. The highest BCUT2D eigenvalue weighted by Gasteiger charge is 2.09. The number of aliphatic hydroxyl groups excluding tert-OH is 1. The molecular formula is C17H22BrNO2. The summed E-state index contributed by atoms with van der Waals surface area (Å²) in [5, 5.41) is 9.15. The lowest BCUT2D eigenvalue weighted by Gasteiger charge is -2.19. The molecule has 1 heterocycles. The standard InChI is InChI=1S/C17H22BrNO2/c1-2-3-10-19(11-12-20)13-16-8-9-17(21-16)14-4-6-15(18)7-5-14/h4-9,20H,2-3,10-13H2,1H3. The van der Waals surface area contributed by atoms with Gasteiger partial charge in [-0.25, -0.2) is 0 Å². The minimum Gasteiger partial charge on any atom is -0.460 e. The van der Waals surface area contributed by atoms with Crippen LogP contribution in [0.4, 0.5) is 0 Å². The van der Waals surface area contributed by atoms with Crippen molar-refractivity contribution in [2.45, 2.75) is 26.3 Å². The molecule has 0 spiro atoms. The molecule has 0 aliphatic carbocycles. The summed E-state index contributed by atoms with van der Waals surface area (Å²) in [4.78, 5) is 2.23. The molecule has 2 rings (SSSR count). The van der Waals surface area contributed by atoms with Crippen LogP contribution >= 0.6 is 15.9 Å². The maximum atomic E-state index is 9.15. The van der Waals surface area contributed by atoms with E-state index in [1.165, 1.54) is 0 Å². The van der Waals surface area contributed by atoms with Gasteiger partial charge in [0.2, 0.25) is 0 Å². The van der Waals surface area contributed by atoms with Gasteiger partial charge < -0.3 is 9.52 Å². The molecule has 3 nitrogen and oxygen atoms in total. The highest BCUT2D eigenvalue weighted by atomic mass is 79.9. The number of furan rings is 1. The fraction of sp³-hybridized carbons (Fsp3) is 0.412. The van der Waals surface area contributed by atoms with Crippen molar-refractivity contribution in [2.24, 2.45) is 0 Å². The van der Waals surface area contributed by atoms with Crippen LogP contribution in [0.2, 0.25) is 0 Å². The van der Waals surface area contributed by atoms with Gasteiger partial charge in [0.25, 0.3) is 0 Å². The van der Waals surface area contributed by atoms with Gasteiger partial charge in [-0.15, -0.1) is 0 Å². The zero-order valence-corrected chi connectivity index (χ0v) is 14.0. The molecule has 1 aromatic carbocycles. The summed E-state index contributed by atoms with van der Waals surface area (Å²) in [7, 11) is 0. The van der Waals surface area contributed by atoms with E-state index >= 15 is 0 Å². The smallest absolute Gasteiger partial charge is 0.134 e. The van der Waals surface area contributed by atoms with E-state index in [-0.39, 0.29) is 6.61 Å². The molecule has 1 N–H and O–H groups in total. The van der Waals surface area contributed by atoms with Gasteiger partial charge in [-0.1, -0.05) is 41.4 Å². The Morgan fingerprint density at radius 2 is 1.86 bits per heavy atom. The normalized spacial score (nSPS) is 11.2. The third-order valence-corrected chi connectivity index (χ3v) is 3.94. The topological polar surface area (TPSA) is 36.6 Å². The fourth-order valence-electron chi connectivity index (χ4n) is 2.25. The van der Waals surface area contributed by atoms with Crippen molar-refractivity contribution in [3.05, 3.63) is 46.6 Å². The number of aliphatic hydroxyl groups is 1. The molecule has 0 amide bonds. The number of hydrogen-bond acceptors (Lipinski definition) is 3. The first-order chi connectivity index (χ1) is 10.2. The van der Waals surface area contributed by atoms with Crippen molar-refractivity contribution in [1.29, 1.82) is 0 Å². The molecule has 0 atom stereocenters. The highest BCUT2D eigenvalue weighted by molar-refractivity contribution is 9.10. The maximum absolute atomic E-state index is 9.15. The van der Waals surface area contributed by atoms with Crippen LogP contribution < -0.4 is 0 Å². The van der Waals surface area contributed by atoms with Gasteiger partial charge in [0.1, 0.15) is 11.5 Å². The van der Waals surface area contributed by atoms with Gasteiger partial charge in [-0.2, -0.15) is 0 Å². The van der Waals surface area contributed by atoms with Crippen LogP contribution in [0.5, 0.6) is 0 Å². The number of halogens is 1. The average Bonchev–Trinajstić information content (AvgIpc) is 2.94. The summed E-state index contributed by atoms with van der Waals surface area (Å²) >= 11 is 3.44. The summed E-state index contributed by atoms with van der Waals surface area (Å²) in [5.41, 5.74) is 1.08. The molecule has 114 valence electrons. The third-order valence-electron chi connectivity index (χ3n) is 3.41. The van der Waals surface area contributed by atoms with Crippen molar-refractivity contribution < 1.29 is 9.52 Å². The van der Waals surface area contributed by atoms with Crippen LogP contribution in [0.1, 0.15) is 25.5 Å².